The number of nitrogens with zero attached hydrogens (tertiary/aromatic N) is 6. The molecule has 2 aromatic heterocycles. The van der Waals surface area contributed by atoms with Crippen LogP contribution >= 0.6 is 0 Å². The van der Waals surface area contributed by atoms with Crippen molar-refractivity contribution in [3.8, 4) is 5.69 Å². The Morgan fingerprint density at radius 3 is 2.37 bits per heavy atom. The number of aliphatic imine (C=N–C) groups is 1. The maximum Gasteiger partial charge on any atom is 0.279 e. The molecule has 0 saturated heterocycles. The average molecular weight is 362 g/mol. The summed E-state index contributed by atoms with van der Waals surface area (Å²) in [5.41, 5.74) is 5.34. The Kier molecular flexibility index (Phi) is 3.95. The monoisotopic (exact) mass is 362 g/mol. The van der Waals surface area contributed by atoms with Gasteiger partial charge in [0.15, 0.2) is 5.69 Å². The summed E-state index contributed by atoms with van der Waals surface area (Å²) in [5.74, 6) is 0.583. The second kappa shape index (κ2) is 6.19. The van der Waals surface area contributed by atoms with E-state index in [1.807, 2.05) is 62.7 Å². The Morgan fingerprint density at radius 2 is 1.70 bits per heavy atom. The maximum absolute atomic E-state index is 13.4. The molecule has 0 aliphatic carbocycles. The van der Waals surface area contributed by atoms with E-state index in [9.17, 15) is 4.79 Å². The third-order valence-corrected chi connectivity index (χ3v) is 4.90. The molecule has 27 heavy (non-hydrogen) atoms. The third kappa shape index (κ3) is 2.50. The number of rotatable bonds is 2. The number of benzene rings is 1. The SMILES string of the molecule is CCn1nc(C)c2c1C(=O)N(C)c1c(c(C)nn1-c1ccccc1)C(C)=N2. The van der Waals surface area contributed by atoms with Crippen LogP contribution in [0.25, 0.3) is 5.69 Å². The predicted molar refractivity (Wildman–Crippen MR) is 106 cm³/mol. The van der Waals surface area contributed by atoms with E-state index in [1.165, 1.54) is 0 Å². The Balaban J connectivity index is 2.03. The molecular formula is C20H22N6O. The zero-order chi connectivity index (χ0) is 19.3. The van der Waals surface area contributed by atoms with Gasteiger partial charge in [-0.1, -0.05) is 18.2 Å². The van der Waals surface area contributed by atoms with Crippen LogP contribution in [0.3, 0.4) is 0 Å². The molecule has 138 valence electrons. The molecule has 7 nitrogen and oxygen atoms in total. The molecular weight excluding hydrogens is 340 g/mol. The standard InChI is InChI=1S/C20H22N6O/c1-6-25-18-17(14(4)22-25)21-12(2)16-13(3)23-26(15-10-8-7-9-11-15)19(16)24(5)20(18)27/h7-11H,6H2,1-5H3. The zero-order valence-corrected chi connectivity index (χ0v) is 16.2. The summed E-state index contributed by atoms with van der Waals surface area (Å²) < 4.78 is 3.54. The maximum atomic E-state index is 13.4. The molecule has 4 rings (SSSR count). The molecule has 0 saturated carbocycles. The molecule has 3 heterocycles. The highest BCUT2D eigenvalue weighted by Crippen LogP contribution is 2.35. The molecule has 0 N–H and O–H groups in total. The minimum absolute atomic E-state index is 0.137. The molecule has 7 heteroatoms. The van der Waals surface area contributed by atoms with Crippen LogP contribution < -0.4 is 4.90 Å². The van der Waals surface area contributed by atoms with Gasteiger partial charge >= 0.3 is 0 Å². The number of aryl methyl sites for hydroxylation is 3. The predicted octanol–water partition coefficient (Wildman–Crippen LogP) is 3.44. The van der Waals surface area contributed by atoms with Crippen LogP contribution in [0.4, 0.5) is 11.5 Å². The van der Waals surface area contributed by atoms with Crippen LogP contribution in [0.1, 0.15) is 41.3 Å². The molecule has 1 aliphatic heterocycles. The van der Waals surface area contributed by atoms with Crippen molar-refractivity contribution in [3.05, 3.63) is 53.0 Å². The summed E-state index contributed by atoms with van der Waals surface area (Å²) in [5, 5.41) is 9.22. The van der Waals surface area contributed by atoms with Gasteiger partial charge in [0.25, 0.3) is 5.91 Å². The Bertz CT molecular complexity index is 1070. The van der Waals surface area contributed by atoms with Crippen molar-refractivity contribution in [2.75, 3.05) is 11.9 Å². The summed E-state index contributed by atoms with van der Waals surface area (Å²) in [4.78, 5) is 19.9. The minimum Gasteiger partial charge on any atom is -0.294 e. The first-order valence-corrected chi connectivity index (χ1v) is 9.00. The second-order valence-corrected chi connectivity index (χ2v) is 6.69. The summed E-state index contributed by atoms with van der Waals surface area (Å²) >= 11 is 0. The number of aromatic nitrogens is 4. The second-order valence-electron chi connectivity index (χ2n) is 6.69. The van der Waals surface area contributed by atoms with Gasteiger partial charge in [-0.25, -0.2) is 9.67 Å². The number of hydrogen-bond donors (Lipinski definition) is 0. The molecule has 0 fully saturated rings. The van der Waals surface area contributed by atoms with Crippen LogP contribution in [0, 0.1) is 13.8 Å². The van der Waals surface area contributed by atoms with E-state index in [4.69, 9.17) is 10.1 Å². The van der Waals surface area contributed by atoms with Gasteiger partial charge in [0, 0.05) is 13.6 Å². The van der Waals surface area contributed by atoms with Crippen molar-refractivity contribution in [2.45, 2.75) is 34.2 Å². The van der Waals surface area contributed by atoms with Crippen molar-refractivity contribution in [2.24, 2.45) is 4.99 Å². The quantitative estimate of drug-likeness (QED) is 0.701. The number of carbonyl (C=O) groups excluding carboxylic acids is 1. The normalized spacial score (nSPS) is 13.7. The smallest absolute Gasteiger partial charge is 0.279 e. The lowest BCUT2D eigenvalue weighted by atomic mass is 10.1. The van der Waals surface area contributed by atoms with Crippen molar-refractivity contribution >= 4 is 23.1 Å². The molecule has 3 aromatic rings. The fraction of sp³-hybridized carbons (Fsp3) is 0.300. The number of amides is 1. The fourth-order valence-electron chi connectivity index (χ4n) is 3.62. The van der Waals surface area contributed by atoms with Crippen LogP contribution in [0.5, 0.6) is 0 Å². The molecule has 0 bridgehead atoms. The van der Waals surface area contributed by atoms with E-state index >= 15 is 0 Å². The lowest BCUT2D eigenvalue weighted by molar-refractivity contribution is 0.0982. The number of carbonyl (C=O) groups is 1. The van der Waals surface area contributed by atoms with Gasteiger partial charge in [-0.05, 0) is 39.8 Å². The van der Waals surface area contributed by atoms with Crippen molar-refractivity contribution in [1.29, 1.82) is 0 Å². The fourth-order valence-corrected chi connectivity index (χ4v) is 3.62. The van der Waals surface area contributed by atoms with Crippen LogP contribution in [-0.2, 0) is 6.54 Å². The van der Waals surface area contributed by atoms with E-state index in [0.29, 0.717) is 17.9 Å². The van der Waals surface area contributed by atoms with Gasteiger partial charge in [0.2, 0.25) is 0 Å². The van der Waals surface area contributed by atoms with Crippen LogP contribution in [0.15, 0.2) is 35.3 Å². The largest absolute Gasteiger partial charge is 0.294 e. The van der Waals surface area contributed by atoms with Crippen LogP contribution in [-0.4, -0.2) is 38.2 Å². The minimum atomic E-state index is -0.137. The van der Waals surface area contributed by atoms with Crippen molar-refractivity contribution in [1.82, 2.24) is 19.6 Å². The van der Waals surface area contributed by atoms with Gasteiger partial charge < -0.3 is 0 Å². The first-order valence-electron chi connectivity index (χ1n) is 9.00. The average Bonchev–Trinajstić information content (AvgIpc) is 3.17. The van der Waals surface area contributed by atoms with Gasteiger partial charge in [-0.2, -0.15) is 10.2 Å². The number of fused-ring (bicyclic) bond motifs is 2. The first-order chi connectivity index (χ1) is 12.9. The molecule has 1 aliphatic rings. The molecule has 0 spiro atoms. The van der Waals surface area contributed by atoms with Crippen LogP contribution in [0.2, 0.25) is 0 Å². The molecule has 1 amide bonds. The summed E-state index contributed by atoms with van der Waals surface area (Å²) in [6.45, 7) is 8.37. The number of para-hydroxylation sites is 1. The lowest BCUT2D eigenvalue weighted by Crippen LogP contribution is -2.32. The highest BCUT2D eigenvalue weighted by molar-refractivity contribution is 6.15. The highest BCUT2D eigenvalue weighted by Gasteiger charge is 2.32. The van der Waals surface area contributed by atoms with Crippen molar-refractivity contribution in [3.63, 3.8) is 0 Å². The number of hydrogen-bond acceptors (Lipinski definition) is 4. The van der Waals surface area contributed by atoms with E-state index in [0.717, 1.165) is 34.2 Å². The van der Waals surface area contributed by atoms with Gasteiger partial charge in [0.1, 0.15) is 11.5 Å². The molecule has 0 atom stereocenters. The zero-order valence-electron chi connectivity index (χ0n) is 16.2. The molecule has 0 radical (unpaired) electrons. The topological polar surface area (TPSA) is 68.3 Å². The Morgan fingerprint density at radius 1 is 1.00 bits per heavy atom. The van der Waals surface area contributed by atoms with E-state index in [1.54, 1.807) is 16.6 Å². The Labute approximate surface area is 157 Å². The van der Waals surface area contributed by atoms with Gasteiger partial charge in [-0.15, -0.1) is 0 Å². The van der Waals surface area contributed by atoms with E-state index in [2.05, 4.69) is 5.10 Å². The molecule has 1 aromatic carbocycles. The third-order valence-electron chi connectivity index (χ3n) is 4.90. The summed E-state index contributed by atoms with van der Waals surface area (Å²) in [6.07, 6.45) is 0. The van der Waals surface area contributed by atoms with Gasteiger partial charge in [-0.3, -0.25) is 14.4 Å². The van der Waals surface area contributed by atoms with Crippen molar-refractivity contribution < 1.29 is 4.79 Å². The summed E-state index contributed by atoms with van der Waals surface area (Å²) in [7, 11) is 1.78. The van der Waals surface area contributed by atoms with E-state index in [-0.39, 0.29) is 5.91 Å². The number of anilines is 1. The van der Waals surface area contributed by atoms with E-state index < -0.39 is 0 Å². The van der Waals surface area contributed by atoms with Gasteiger partial charge in [0.05, 0.1) is 28.4 Å². The summed E-state index contributed by atoms with van der Waals surface area (Å²) in [6, 6.07) is 9.82. The Hall–Kier alpha value is -3.22. The lowest BCUT2D eigenvalue weighted by Gasteiger charge is -2.23. The first kappa shape index (κ1) is 17.2. The molecule has 0 unspecified atom stereocenters. The highest BCUT2D eigenvalue weighted by atomic mass is 16.2.